The van der Waals surface area contributed by atoms with Crippen molar-refractivity contribution in [2.45, 2.75) is 12.1 Å². The van der Waals surface area contributed by atoms with Crippen LogP contribution in [0.5, 0.6) is 0 Å². The lowest BCUT2D eigenvalue weighted by Crippen LogP contribution is -2.14. The predicted molar refractivity (Wildman–Crippen MR) is 96.9 cm³/mol. The summed E-state index contributed by atoms with van der Waals surface area (Å²) in [6.07, 6.45) is 1.63. The molecule has 24 heavy (non-hydrogen) atoms. The molecule has 0 radical (unpaired) electrons. The highest BCUT2D eigenvalue weighted by Gasteiger charge is 2.10. The van der Waals surface area contributed by atoms with Gasteiger partial charge in [0.1, 0.15) is 6.33 Å². The van der Waals surface area contributed by atoms with E-state index in [0.717, 1.165) is 11.3 Å². The van der Waals surface area contributed by atoms with Crippen LogP contribution in [-0.4, -0.2) is 26.4 Å². The molecule has 0 bridgehead atoms. The molecule has 0 atom stereocenters. The van der Waals surface area contributed by atoms with Crippen LogP contribution in [0.3, 0.4) is 0 Å². The van der Waals surface area contributed by atoms with E-state index in [9.17, 15) is 4.79 Å². The molecule has 1 heterocycles. The molecule has 0 aliphatic carbocycles. The Morgan fingerprint density at radius 1 is 1.25 bits per heavy atom. The smallest absolute Gasteiger partial charge is 0.234 e. The monoisotopic (exact) mass is 358 g/mol. The molecule has 0 unspecified atom stereocenters. The summed E-state index contributed by atoms with van der Waals surface area (Å²) in [5.74, 6) is 0.111. The number of rotatable bonds is 5. The first-order chi connectivity index (χ1) is 11.6. The number of para-hydroxylation sites is 1. The first-order valence-electron chi connectivity index (χ1n) is 7.28. The van der Waals surface area contributed by atoms with Crippen LogP contribution in [0.2, 0.25) is 5.02 Å². The fourth-order valence-electron chi connectivity index (χ4n) is 2.09. The molecule has 1 N–H and O–H groups in total. The van der Waals surface area contributed by atoms with Crippen LogP contribution in [0.1, 0.15) is 5.56 Å². The van der Waals surface area contributed by atoms with Crippen LogP contribution in [0, 0.1) is 6.92 Å². The van der Waals surface area contributed by atoms with Gasteiger partial charge in [-0.25, -0.2) is 0 Å². The first-order valence-corrected chi connectivity index (χ1v) is 8.64. The van der Waals surface area contributed by atoms with Gasteiger partial charge >= 0.3 is 0 Å². The summed E-state index contributed by atoms with van der Waals surface area (Å²) in [4.78, 5) is 12.1. The van der Waals surface area contributed by atoms with Crippen LogP contribution in [0.25, 0.3) is 5.69 Å². The second kappa shape index (κ2) is 7.51. The molecule has 0 saturated carbocycles. The van der Waals surface area contributed by atoms with Gasteiger partial charge in [0.15, 0.2) is 5.16 Å². The molecule has 7 heteroatoms. The zero-order valence-corrected chi connectivity index (χ0v) is 14.5. The SMILES string of the molecule is Cc1ccc(NC(=O)CSc2nncn2-c2ccccc2)cc1Cl. The van der Waals surface area contributed by atoms with Crippen molar-refractivity contribution in [1.82, 2.24) is 14.8 Å². The number of amides is 1. The first kappa shape index (κ1) is 16.5. The van der Waals surface area contributed by atoms with Gasteiger partial charge in [0.2, 0.25) is 5.91 Å². The van der Waals surface area contributed by atoms with Gasteiger partial charge in [-0.05, 0) is 36.8 Å². The van der Waals surface area contributed by atoms with Crippen molar-refractivity contribution in [2.24, 2.45) is 0 Å². The fraction of sp³-hybridized carbons (Fsp3) is 0.118. The lowest BCUT2D eigenvalue weighted by molar-refractivity contribution is -0.113. The summed E-state index contributed by atoms with van der Waals surface area (Å²) in [5.41, 5.74) is 2.61. The third-order valence-electron chi connectivity index (χ3n) is 3.34. The lowest BCUT2D eigenvalue weighted by atomic mass is 10.2. The minimum absolute atomic E-state index is 0.123. The number of nitrogens with one attached hydrogen (secondary N) is 1. The van der Waals surface area contributed by atoms with Crippen LogP contribution >= 0.6 is 23.4 Å². The second-order valence-corrected chi connectivity index (χ2v) is 6.47. The Bertz CT molecular complexity index is 851. The van der Waals surface area contributed by atoms with Gasteiger partial charge < -0.3 is 5.32 Å². The van der Waals surface area contributed by atoms with Gasteiger partial charge in [-0.2, -0.15) is 0 Å². The van der Waals surface area contributed by atoms with Crippen LogP contribution < -0.4 is 5.32 Å². The van der Waals surface area contributed by atoms with Gasteiger partial charge in [-0.15, -0.1) is 10.2 Å². The number of nitrogens with zero attached hydrogens (tertiary/aromatic N) is 3. The van der Waals surface area contributed by atoms with Crippen LogP contribution in [0.4, 0.5) is 5.69 Å². The Morgan fingerprint density at radius 2 is 2.04 bits per heavy atom. The Kier molecular flexibility index (Phi) is 5.17. The summed E-state index contributed by atoms with van der Waals surface area (Å²) in [6.45, 7) is 1.92. The van der Waals surface area contributed by atoms with E-state index in [1.807, 2.05) is 54.0 Å². The molecule has 3 rings (SSSR count). The number of anilines is 1. The maximum atomic E-state index is 12.1. The maximum absolute atomic E-state index is 12.1. The number of benzene rings is 2. The molecule has 3 aromatic rings. The molecule has 0 fully saturated rings. The molecule has 5 nitrogen and oxygen atoms in total. The van der Waals surface area contributed by atoms with Crippen LogP contribution in [0.15, 0.2) is 60.0 Å². The predicted octanol–water partition coefficient (Wildman–Crippen LogP) is 3.96. The number of halogens is 1. The van der Waals surface area contributed by atoms with E-state index >= 15 is 0 Å². The zero-order chi connectivity index (χ0) is 16.9. The molecule has 122 valence electrons. The molecular weight excluding hydrogens is 344 g/mol. The van der Waals surface area contributed by atoms with Crippen molar-refractivity contribution in [3.05, 3.63) is 65.4 Å². The molecular formula is C17H15ClN4OS. The fourth-order valence-corrected chi connectivity index (χ4v) is 3.00. The van der Waals surface area contributed by atoms with Crippen molar-refractivity contribution in [3.8, 4) is 5.69 Å². The van der Waals surface area contributed by atoms with E-state index in [4.69, 9.17) is 11.6 Å². The Balaban J connectivity index is 1.63. The Hall–Kier alpha value is -2.31. The van der Waals surface area contributed by atoms with Gasteiger partial charge in [-0.1, -0.05) is 47.6 Å². The number of hydrogen-bond acceptors (Lipinski definition) is 4. The Morgan fingerprint density at radius 3 is 2.79 bits per heavy atom. The highest BCUT2D eigenvalue weighted by Crippen LogP contribution is 2.22. The van der Waals surface area contributed by atoms with Gasteiger partial charge in [-0.3, -0.25) is 9.36 Å². The summed E-state index contributed by atoms with van der Waals surface area (Å²) < 4.78 is 1.85. The van der Waals surface area contributed by atoms with E-state index in [-0.39, 0.29) is 11.7 Å². The molecule has 0 saturated heterocycles. The van der Waals surface area contributed by atoms with E-state index < -0.39 is 0 Å². The second-order valence-electron chi connectivity index (χ2n) is 5.12. The number of aromatic nitrogens is 3. The minimum atomic E-state index is -0.123. The summed E-state index contributed by atoms with van der Waals surface area (Å²) in [7, 11) is 0. The van der Waals surface area contributed by atoms with Crippen LogP contribution in [-0.2, 0) is 4.79 Å². The minimum Gasteiger partial charge on any atom is -0.325 e. The molecule has 1 aromatic heterocycles. The van der Waals surface area contributed by atoms with Gasteiger partial charge in [0, 0.05) is 16.4 Å². The highest BCUT2D eigenvalue weighted by atomic mass is 35.5. The van der Waals surface area contributed by atoms with Crippen molar-refractivity contribution in [2.75, 3.05) is 11.1 Å². The van der Waals surface area contributed by atoms with E-state index in [2.05, 4.69) is 15.5 Å². The average Bonchev–Trinajstić information content (AvgIpc) is 3.06. The number of carbonyl (C=O) groups excluding carboxylic acids is 1. The van der Waals surface area contributed by atoms with Crippen molar-refractivity contribution in [1.29, 1.82) is 0 Å². The van der Waals surface area contributed by atoms with E-state index in [0.29, 0.717) is 15.9 Å². The zero-order valence-electron chi connectivity index (χ0n) is 12.9. The van der Waals surface area contributed by atoms with Gasteiger partial charge in [0.25, 0.3) is 0 Å². The van der Waals surface area contributed by atoms with Crippen molar-refractivity contribution >= 4 is 35.0 Å². The number of hydrogen-bond donors (Lipinski definition) is 1. The Labute approximate surface area is 149 Å². The molecule has 0 aliphatic heterocycles. The number of thioether (sulfide) groups is 1. The molecule has 2 aromatic carbocycles. The third kappa shape index (κ3) is 3.96. The number of carbonyl (C=O) groups is 1. The quantitative estimate of drug-likeness (QED) is 0.701. The summed E-state index contributed by atoms with van der Waals surface area (Å²) >= 11 is 7.39. The van der Waals surface area contributed by atoms with Gasteiger partial charge in [0.05, 0.1) is 5.75 Å². The summed E-state index contributed by atoms with van der Waals surface area (Å²) in [6, 6.07) is 15.2. The molecule has 0 spiro atoms. The molecule has 0 aliphatic rings. The number of aryl methyl sites for hydroxylation is 1. The topological polar surface area (TPSA) is 59.8 Å². The maximum Gasteiger partial charge on any atom is 0.234 e. The van der Waals surface area contributed by atoms with E-state index in [1.165, 1.54) is 11.8 Å². The molecule has 1 amide bonds. The average molecular weight is 359 g/mol. The normalized spacial score (nSPS) is 10.6. The summed E-state index contributed by atoms with van der Waals surface area (Å²) in [5, 5.41) is 12.1. The van der Waals surface area contributed by atoms with E-state index in [1.54, 1.807) is 12.4 Å². The van der Waals surface area contributed by atoms with Crippen molar-refractivity contribution < 1.29 is 4.79 Å². The third-order valence-corrected chi connectivity index (χ3v) is 4.69. The standard InChI is InChI=1S/C17H15ClN4OS/c1-12-7-8-13(9-15(12)18)20-16(23)10-24-17-21-19-11-22(17)14-5-3-2-4-6-14/h2-9,11H,10H2,1H3,(H,20,23). The van der Waals surface area contributed by atoms with Crippen molar-refractivity contribution in [3.63, 3.8) is 0 Å². The lowest BCUT2D eigenvalue weighted by Gasteiger charge is -2.08. The highest BCUT2D eigenvalue weighted by molar-refractivity contribution is 7.99. The largest absolute Gasteiger partial charge is 0.325 e.